The molecule has 0 aliphatic heterocycles. The Morgan fingerprint density at radius 2 is 1.89 bits per heavy atom. The SMILES string of the molecule is CC(C)(C)OC(=O)NCC(C)(NC(=O)Cc1cccc(OC(F)F)c1)C1CC1. The van der Waals surface area contributed by atoms with Crippen molar-refractivity contribution < 1.29 is 27.8 Å². The number of hydrogen-bond acceptors (Lipinski definition) is 4. The quantitative estimate of drug-likeness (QED) is 0.701. The van der Waals surface area contributed by atoms with Crippen LogP contribution in [0.3, 0.4) is 0 Å². The Hall–Kier alpha value is -2.38. The van der Waals surface area contributed by atoms with Crippen molar-refractivity contribution in [3.8, 4) is 5.75 Å². The van der Waals surface area contributed by atoms with Gasteiger partial charge in [0.15, 0.2) is 0 Å². The number of ether oxygens (including phenoxy) is 2. The van der Waals surface area contributed by atoms with Crippen molar-refractivity contribution in [1.29, 1.82) is 0 Å². The predicted molar refractivity (Wildman–Crippen MR) is 100 cm³/mol. The van der Waals surface area contributed by atoms with E-state index in [4.69, 9.17) is 4.74 Å². The minimum atomic E-state index is -2.92. The summed E-state index contributed by atoms with van der Waals surface area (Å²) in [4.78, 5) is 24.5. The number of hydrogen-bond donors (Lipinski definition) is 2. The molecule has 6 nitrogen and oxygen atoms in total. The molecule has 2 amide bonds. The molecule has 0 aromatic heterocycles. The average molecular weight is 398 g/mol. The number of alkyl halides is 2. The maximum atomic E-state index is 12.5. The zero-order valence-corrected chi connectivity index (χ0v) is 16.7. The predicted octanol–water partition coefficient (Wildman–Crippen LogP) is 3.64. The lowest BCUT2D eigenvalue weighted by atomic mass is 9.95. The first-order valence-electron chi connectivity index (χ1n) is 9.28. The number of rotatable bonds is 8. The molecular weight excluding hydrogens is 370 g/mol. The van der Waals surface area contributed by atoms with Crippen molar-refractivity contribution in [2.24, 2.45) is 5.92 Å². The Morgan fingerprint density at radius 1 is 1.21 bits per heavy atom. The smallest absolute Gasteiger partial charge is 0.407 e. The van der Waals surface area contributed by atoms with Crippen LogP contribution in [0.5, 0.6) is 5.75 Å². The molecule has 1 aromatic carbocycles. The van der Waals surface area contributed by atoms with Gasteiger partial charge in [0.05, 0.1) is 12.0 Å². The van der Waals surface area contributed by atoms with E-state index in [1.165, 1.54) is 12.1 Å². The van der Waals surface area contributed by atoms with E-state index < -0.39 is 23.8 Å². The molecule has 0 spiro atoms. The van der Waals surface area contributed by atoms with Crippen LogP contribution in [-0.2, 0) is 16.0 Å². The Bertz CT molecular complexity index is 702. The number of benzene rings is 1. The Labute approximate surface area is 164 Å². The fourth-order valence-corrected chi connectivity index (χ4v) is 2.96. The summed E-state index contributed by atoms with van der Waals surface area (Å²) in [6.45, 7) is 4.55. The molecule has 156 valence electrons. The van der Waals surface area contributed by atoms with Crippen LogP contribution >= 0.6 is 0 Å². The van der Waals surface area contributed by atoms with Gasteiger partial charge in [-0.25, -0.2) is 4.79 Å². The summed E-state index contributed by atoms with van der Waals surface area (Å²) in [6.07, 6.45) is 1.41. The molecule has 1 aliphatic rings. The first kappa shape index (κ1) is 21.9. The largest absolute Gasteiger partial charge is 0.444 e. The summed E-state index contributed by atoms with van der Waals surface area (Å²) in [7, 11) is 0. The summed E-state index contributed by atoms with van der Waals surface area (Å²) in [5.41, 5.74) is -0.645. The highest BCUT2D eigenvalue weighted by molar-refractivity contribution is 5.79. The first-order valence-corrected chi connectivity index (χ1v) is 9.28. The van der Waals surface area contributed by atoms with Crippen LogP contribution in [0.2, 0.25) is 0 Å². The zero-order valence-electron chi connectivity index (χ0n) is 16.7. The van der Waals surface area contributed by atoms with Crippen LogP contribution in [0.25, 0.3) is 0 Å². The number of nitrogens with one attached hydrogen (secondary N) is 2. The molecule has 28 heavy (non-hydrogen) atoms. The van der Waals surface area contributed by atoms with Crippen molar-refractivity contribution in [3.05, 3.63) is 29.8 Å². The molecule has 1 aromatic rings. The number of carbonyl (C=O) groups excluding carboxylic acids is 2. The van der Waals surface area contributed by atoms with Crippen LogP contribution in [0, 0.1) is 5.92 Å². The Balaban J connectivity index is 1.94. The molecule has 1 atom stereocenters. The van der Waals surface area contributed by atoms with Gasteiger partial charge in [0.2, 0.25) is 5.91 Å². The highest BCUT2D eigenvalue weighted by Crippen LogP contribution is 2.39. The molecule has 1 aliphatic carbocycles. The van der Waals surface area contributed by atoms with Gasteiger partial charge in [0.1, 0.15) is 11.4 Å². The second kappa shape index (κ2) is 8.75. The number of carbonyl (C=O) groups is 2. The Morgan fingerprint density at radius 3 is 2.46 bits per heavy atom. The lowest BCUT2D eigenvalue weighted by molar-refractivity contribution is -0.122. The molecule has 1 fully saturated rings. The third kappa shape index (κ3) is 7.32. The molecule has 2 N–H and O–H groups in total. The average Bonchev–Trinajstić information content (AvgIpc) is 3.36. The molecular formula is C20H28F2N2O4. The standard InChI is InChI=1S/C20H28F2N2O4/c1-19(2,3)28-18(26)23-12-20(4,14-8-9-14)24-16(25)11-13-6-5-7-15(10-13)27-17(21)22/h5-7,10,14,17H,8-9,11-12H2,1-4H3,(H,23,26)(H,24,25). The lowest BCUT2D eigenvalue weighted by Crippen LogP contribution is -2.56. The van der Waals surface area contributed by atoms with E-state index in [0.717, 1.165) is 12.8 Å². The monoisotopic (exact) mass is 398 g/mol. The van der Waals surface area contributed by atoms with E-state index in [2.05, 4.69) is 15.4 Å². The summed E-state index contributed by atoms with van der Waals surface area (Å²) < 4.78 is 34.3. The van der Waals surface area contributed by atoms with Crippen LogP contribution in [0.1, 0.15) is 46.1 Å². The zero-order chi connectivity index (χ0) is 20.9. The molecule has 0 saturated heterocycles. The second-order valence-electron chi connectivity index (χ2n) is 8.30. The number of halogens is 2. The third-order valence-electron chi connectivity index (χ3n) is 4.39. The van der Waals surface area contributed by atoms with Gasteiger partial charge in [-0.15, -0.1) is 0 Å². The molecule has 0 bridgehead atoms. The van der Waals surface area contributed by atoms with Gasteiger partial charge in [0, 0.05) is 6.54 Å². The second-order valence-corrected chi connectivity index (χ2v) is 8.30. The topological polar surface area (TPSA) is 76.7 Å². The minimum absolute atomic E-state index is 0.0110. The van der Waals surface area contributed by atoms with Gasteiger partial charge >= 0.3 is 12.7 Å². The third-order valence-corrected chi connectivity index (χ3v) is 4.39. The summed E-state index contributed by atoms with van der Waals surface area (Å²) in [5, 5.41) is 5.71. The molecule has 0 heterocycles. The highest BCUT2D eigenvalue weighted by atomic mass is 19.3. The van der Waals surface area contributed by atoms with Crippen molar-refractivity contribution >= 4 is 12.0 Å². The van der Waals surface area contributed by atoms with Crippen molar-refractivity contribution in [1.82, 2.24) is 10.6 Å². The maximum absolute atomic E-state index is 12.5. The molecule has 1 unspecified atom stereocenters. The van der Waals surface area contributed by atoms with Gasteiger partial charge < -0.3 is 20.1 Å². The first-order chi connectivity index (χ1) is 13.0. The van der Waals surface area contributed by atoms with Crippen LogP contribution < -0.4 is 15.4 Å². The number of amides is 2. The van der Waals surface area contributed by atoms with Gasteiger partial charge in [-0.1, -0.05) is 12.1 Å². The van der Waals surface area contributed by atoms with Gasteiger partial charge in [0.25, 0.3) is 0 Å². The van der Waals surface area contributed by atoms with Gasteiger partial charge in [-0.2, -0.15) is 8.78 Å². The minimum Gasteiger partial charge on any atom is -0.444 e. The van der Waals surface area contributed by atoms with E-state index in [0.29, 0.717) is 5.56 Å². The molecule has 0 radical (unpaired) electrons. The fourth-order valence-electron chi connectivity index (χ4n) is 2.96. The highest BCUT2D eigenvalue weighted by Gasteiger charge is 2.43. The van der Waals surface area contributed by atoms with Crippen LogP contribution in [-0.4, -0.2) is 36.3 Å². The van der Waals surface area contributed by atoms with Crippen molar-refractivity contribution in [2.45, 2.75) is 64.7 Å². The van der Waals surface area contributed by atoms with Gasteiger partial charge in [-0.3, -0.25) is 4.79 Å². The fraction of sp³-hybridized carbons (Fsp3) is 0.600. The van der Waals surface area contributed by atoms with E-state index in [1.807, 2.05) is 6.92 Å². The normalized spacial score (nSPS) is 16.2. The van der Waals surface area contributed by atoms with Gasteiger partial charge in [-0.05, 0) is 64.2 Å². The lowest BCUT2D eigenvalue weighted by Gasteiger charge is -2.32. The van der Waals surface area contributed by atoms with Crippen LogP contribution in [0.4, 0.5) is 13.6 Å². The van der Waals surface area contributed by atoms with Crippen molar-refractivity contribution in [2.75, 3.05) is 6.54 Å². The maximum Gasteiger partial charge on any atom is 0.407 e. The van der Waals surface area contributed by atoms with E-state index in [1.54, 1.807) is 32.9 Å². The molecule has 2 rings (SSSR count). The number of alkyl carbamates (subject to hydrolysis) is 1. The van der Waals surface area contributed by atoms with E-state index in [-0.39, 0.29) is 30.5 Å². The molecule has 8 heteroatoms. The van der Waals surface area contributed by atoms with E-state index in [9.17, 15) is 18.4 Å². The molecule has 1 saturated carbocycles. The summed E-state index contributed by atoms with van der Waals surface area (Å²) >= 11 is 0. The Kier molecular flexibility index (Phi) is 6.85. The van der Waals surface area contributed by atoms with E-state index >= 15 is 0 Å². The van der Waals surface area contributed by atoms with Crippen molar-refractivity contribution in [3.63, 3.8) is 0 Å². The summed E-state index contributed by atoms with van der Waals surface area (Å²) in [6, 6.07) is 6.06. The summed E-state index contributed by atoms with van der Waals surface area (Å²) in [5.74, 6) is 0.0197. The van der Waals surface area contributed by atoms with Crippen LogP contribution in [0.15, 0.2) is 24.3 Å².